The van der Waals surface area contributed by atoms with E-state index in [1.165, 1.54) is 96.9 Å². The van der Waals surface area contributed by atoms with E-state index in [0.29, 0.717) is 18.8 Å². The molecular formula is C29H47N7O. The third kappa shape index (κ3) is 7.90. The third-order valence-corrected chi connectivity index (χ3v) is 9.14. The van der Waals surface area contributed by atoms with Crippen molar-refractivity contribution in [1.29, 1.82) is 0 Å². The Hall–Kier alpha value is -2.19. The Bertz CT molecular complexity index is 855. The van der Waals surface area contributed by atoms with Crippen molar-refractivity contribution in [2.24, 2.45) is 17.8 Å². The van der Waals surface area contributed by atoms with Gasteiger partial charge in [0, 0.05) is 56.8 Å². The summed E-state index contributed by atoms with van der Waals surface area (Å²) in [6.45, 7) is 7.02. The number of likely N-dealkylation sites (tertiary alicyclic amines) is 2. The van der Waals surface area contributed by atoms with E-state index in [2.05, 4.69) is 35.1 Å². The maximum atomic E-state index is 13.1. The Kier molecular flexibility index (Phi) is 9.68. The first-order valence-corrected chi connectivity index (χ1v) is 14.9. The Morgan fingerprint density at radius 2 is 1.43 bits per heavy atom. The van der Waals surface area contributed by atoms with Crippen molar-refractivity contribution < 1.29 is 4.79 Å². The lowest BCUT2D eigenvalue weighted by atomic mass is 9.91. The second-order valence-corrected chi connectivity index (χ2v) is 11.8. The lowest BCUT2D eigenvalue weighted by Gasteiger charge is -2.40. The van der Waals surface area contributed by atoms with Crippen LogP contribution in [0.1, 0.15) is 75.9 Å². The minimum absolute atomic E-state index is 0.107. The number of amides is 1. The lowest BCUT2D eigenvalue weighted by Crippen LogP contribution is -2.45. The summed E-state index contributed by atoms with van der Waals surface area (Å²) in [4.78, 5) is 33.6. The van der Waals surface area contributed by atoms with Gasteiger partial charge >= 0.3 is 0 Å². The Morgan fingerprint density at radius 3 is 2.00 bits per heavy atom. The van der Waals surface area contributed by atoms with E-state index in [4.69, 9.17) is 0 Å². The van der Waals surface area contributed by atoms with E-state index in [9.17, 15) is 4.79 Å². The summed E-state index contributed by atoms with van der Waals surface area (Å²) in [6.07, 6.45) is 22.0. The van der Waals surface area contributed by atoms with Crippen LogP contribution in [0.3, 0.4) is 0 Å². The second kappa shape index (κ2) is 13.6. The van der Waals surface area contributed by atoms with Gasteiger partial charge in [-0.05, 0) is 76.5 Å². The molecule has 5 rings (SSSR count). The van der Waals surface area contributed by atoms with Gasteiger partial charge in [-0.15, -0.1) is 0 Å². The number of hydrogen-bond donors (Lipinski definition) is 3. The van der Waals surface area contributed by atoms with Crippen molar-refractivity contribution in [2.75, 3.05) is 39.3 Å². The first-order valence-electron chi connectivity index (χ1n) is 14.9. The predicted molar refractivity (Wildman–Crippen MR) is 146 cm³/mol. The van der Waals surface area contributed by atoms with Crippen LogP contribution in [0.5, 0.6) is 0 Å². The molecule has 2 saturated heterocycles. The minimum atomic E-state index is -0.179. The van der Waals surface area contributed by atoms with Crippen molar-refractivity contribution in [3.05, 3.63) is 36.4 Å². The molecule has 3 N–H and O–H groups in total. The Balaban J connectivity index is 1.01. The molecule has 8 nitrogen and oxygen atoms in total. The van der Waals surface area contributed by atoms with Crippen LogP contribution in [0.15, 0.2) is 24.8 Å². The zero-order valence-electron chi connectivity index (χ0n) is 22.5. The zero-order valence-corrected chi connectivity index (χ0v) is 22.5. The number of nitrogens with zero attached hydrogens (tertiary/aromatic N) is 4. The van der Waals surface area contributed by atoms with Crippen molar-refractivity contribution in [2.45, 2.75) is 83.1 Å². The molecule has 204 valence electrons. The molecule has 1 aliphatic carbocycles. The molecule has 3 aliphatic rings. The number of aromatic amines is 2. The normalized spacial score (nSPS) is 21.9. The van der Waals surface area contributed by atoms with Crippen LogP contribution < -0.4 is 5.32 Å². The molecule has 3 fully saturated rings. The number of carbonyl (C=O) groups excluding carboxylic acids is 1. The Labute approximate surface area is 222 Å². The largest absolute Gasteiger partial charge is 0.356 e. The molecule has 0 aromatic carbocycles. The summed E-state index contributed by atoms with van der Waals surface area (Å²) < 4.78 is 0. The van der Waals surface area contributed by atoms with Crippen LogP contribution in [-0.4, -0.2) is 81.0 Å². The minimum Gasteiger partial charge on any atom is -0.356 e. The van der Waals surface area contributed by atoms with Gasteiger partial charge in [-0.1, -0.05) is 25.7 Å². The first kappa shape index (κ1) is 26.4. The lowest BCUT2D eigenvalue weighted by molar-refractivity contribution is -0.125. The number of hydrogen-bond acceptors (Lipinski definition) is 5. The number of rotatable bonds is 10. The summed E-state index contributed by atoms with van der Waals surface area (Å²) in [7, 11) is 0. The highest BCUT2D eigenvalue weighted by molar-refractivity contribution is 5.79. The smallest absolute Gasteiger partial charge is 0.224 e. The molecule has 1 saturated carbocycles. The van der Waals surface area contributed by atoms with Gasteiger partial charge in [0.1, 0.15) is 11.6 Å². The highest BCUT2D eigenvalue weighted by Gasteiger charge is 2.29. The van der Waals surface area contributed by atoms with E-state index < -0.39 is 0 Å². The molecule has 0 bridgehead atoms. The first-order chi connectivity index (χ1) is 18.2. The number of piperidine rings is 2. The van der Waals surface area contributed by atoms with Crippen molar-refractivity contribution in [1.82, 2.24) is 35.1 Å². The van der Waals surface area contributed by atoms with Gasteiger partial charge < -0.3 is 25.1 Å². The standard InChI is InChI=1S/C29H47N7O/c37-29(25(19-27-30-11-12-31-27)20-28-32-13-14-33-28)34-21-23-7-15-35(16-8-23)22-24-9-17-36(18-10-24)26-5-3-1-2-4-6-26/h11-14,23-26H,1-10,15-22H2,(H,30,31)(H,32,33)(H,34,37). The molecule has 2 aromatic rings. The summed E-state index contributed by atoms with van der Waals surface area (Å²) in [6, 6.07) is 0.868. The summed E-state index contributed by atoms with van der Waals surface area (Å²) in [5, 5.41) is 3.27. The monoisotopic (exact) mass is 509 g/mol. The maximum Gasteiger partial charge on any atom is 0.224 e. The number of imidazole rings is 2. The van der Waals surface area contributed by atoms with E-state index in [1.54, 1.807) is 12.4 Å². The average Bonchev–Trinajstić information content (AvgIpc) is 3.57. The van der Waals surface area contributed by atoms with Gasteiger partial charge in [0.25, 0.3) is 0 Å². The SMILES string of the molecule is O=C(NCC1CCN(CC2CCN(C3CCCCCC3)CC2)CC1)C(Cc1ncc[nH]1)Cc1ncc[nH]1. The number of nitrogens with one attached hydrogen (secondary N) is 3. The molecule has 4 heterocycles. The molecule has 1 amide bonds. The van der Waals surface area contributed by atoms with Crippen molar-refractivity contribution in [3.63, 3.8) is 0 Å². The van der Waals surface area contributed by atoms with Gasteiger partial charge in [0.2, 0.25) is 5.91 Å². The number of H-pyrrole nitrogens is 2. The quantitative estimate of drug-likeness (QED) is 0.424. The fraction of sp³-hybridized carbons (Fsp3) is 0.759. The average molecular weight is 510 g/mol. The zero-order chi connectivity index (χ0) is 25.3. The summed E-state index contributed by atoms with van der Waals surface area (Å²) >= 11 is 0. The second-order valence-electron chi connectivity index (χ2n) is 11.8. The van der Waals surface area contributed by atoms with Crippen molar-refractivity contribution >= 4 is 5.91 Å². The highest BCUT2D eigenvalue weighted by atomic mass is 16.1. The van der Waals surface area contributed by atoms with Crippen molar-refractivity contribution in [3.8, 4) is 0 Å². The highest BCUT2D eigenvalue weighted by Crippen LogP contribution is 2.28. The number of aromatic nitrogens is 4. The summed E-state index contributed by atoms with van der Waals surface area (Å²) in [5.41, 5.74) is 0. The van der Waals surface area contributed by atoms with Gasteiger partial charge in [-0.2, -0.15) is 0 Å². The van der Waals surface area contributed by atoms with Crippen LogP contribution in [0, 0.1) is 17.8 Å². The summed E-state index contributed by atoms with van der Waals surface area (Å²) in [5.74, 6) is 3.06. The van der Waals surface area contributed by atoms with Gasteiger partial charge in [0.15, 0.2) is 0 Å². The molecule has 0 radical (unpaired) electrons. The van der Waals surface area contributed by atoms with E-state index in [0.717, 1.165) is 30.2 Å². The molecule has 37 heavy (non-hydrogen) atoms. The Morgan fingerprint density at radius 1 is 0.838 bits per heavy atom. The van der Waals surface area contributed by atoms with E-state index >= 15 is 0 Å². The topological polar surface area (TPSA) is 92.9 Å². The van der Waals surface area contributed by atoms with Gasteiger partial charge in [0.05, 0.1) is 5.92 Å². The number of carbonyl (C=O) groups is 1. The molecule has 0 unspecified atom stereocenters. The van der Waals surface area contributed by atoms with Crippen LogP contribution in [-0.2, 0) is 17.6 Å². The molecule has 2 aromatic heterocycles. The van der Waals surface area contributed by atoms with Crippen LogP contribution in [0.2, 0.25) is 0 Å². The van der Waals surface area contributed by atoms with Gasteiger partial charge in [-0.25, -0.2) is 9.97 Å². The molecule has 0 atom stereocenters. The van der Waals surface area contributed by atoms with Crippen LogP contribution in [0.25, 0.3) is 0 Å². The fourth-order valence-electron chi connectivity index (χ4n) is 6.79. The van der Waals surface area contributed by atoms with E-state index in [-0.39, 0.29) is 11.8 Å². The molecule has 2 aliphatic heterocycles. The van der Waals surface area contributed by atoms with Crippen LogP contribution in [0.4, 0.5) is 0 Å². The molecule has 0 spiro atoms. The predicted octanol–water partition coefficient (Wildman–Crippen LogP) is 3.80. The third-order valence-electron chi connectivity index (χ3n) is 9.14. The maximum absolute atomic E-state index is 13.1. The molecule has 8 heteroatoms. The van der Waals surface area contributed by atoms with Crippen LogP contribution >= 0.6 is 0 Å². The van der Waals surface area contributed by atoms with E-state index in [1.807, 2.05) is 12.4 Å². The molecular weight excluding hydrogens is 462 g/mol. The van der Waals surface area contributed by atoms with Gasteiger partial charge in [-0.3, -0.25) is 4.79 Å². The fourth-order valence-corrected chi connectivity index (χ4v) is 6.79.